The van der Waals surface area contributed by atoms with Crippen LogP contribution in [0.15, 0.2) is 48.5 Å². The highest BCUT2D eigenvalue weighted by Crippen LogP contribution is 2.29. The summed E-state index contributed by atoms with van der Waals surface area (Å²) in [6.45, 7) is 0. The lowest BCUT2D eigenvalue weighted by Crippen LogP contribution is -1.92. The number of allylic oxidation sites excluding steroid dienone is 1. The van der Waals surface area contributed by atoms with Gasteiger partial charge in [0.05, 0.1) is 26.9 Å². The van der Waals surface area contributed by atoms with E-state index in [0.29, 0.717) is 0 Å². The minimum Gasteiger partial charge on any atom is -0.497 e. The molecular weight excluding hydrogens is 264 g/mol. The molecule has 0 saturated heterocycles. The van der Waals surface area contributed by atoms with Crippen LogP contribution in [0.25, 0.3) is 6.08 Å². The van der Waals surface area contributed by atoms with E-state index in [4.69, 9.17) is 14.2 Å². The first-order chi connectivity index (χ1) is 10.3. The molecule has 3 nitrogen and oxygen atoms in total. The predicted octanol–water partition coefficient (Wildman–Crippen LogP) is 3.97. The first kappa shape index (κ1) is 15.0. The van der Waals surface area contributed by atoms with Crippen LogP contribution in [0.4, 0.5) is 0 Å². The molecule has 3 heteroatoms. The molecule has 2 aromatic rings. The van der Waals surface area contributed by atoms with Gasteiger partial charge in [0.1, 0.15) is 17.2 Å². The van der Waals surface area contributed by atoms with Gasteiger partial charge in [-0.25, -0.2) is 0 Å². The van der Waals surface area contributed by atoms with E-state index >= 15 is 0 Å². The molecule has 0 heterocycles. The molecule has 0 aliphatic rings. The maximum absolute atomic E-state index is 5.37. The summed E-state index contributed by atoms with van der Waals surface area (Å²) in [7, 11) is 4.99. The Kier molecular flexibility index (Phi) is 5.27. The number of rotatable bonds is 6. The Bertz CT molecular complexity index is 578. The van der Waals surface area contributed by atoms with Crippen molar-refractivity contribution in [2.24, 2.45) is 0 Å². The van der Waals surface area contributed by atoms with E-state index in [1.54, 1.807) is 21.3 Å². The summed E-state index contributed by atoms with van der Waals surface area (Å²) < 4.78 is 15.9. The molecule has 0 radical (unpaired) electrons. The normalized spacial score (nSPS) is 10.6. The third kappa shape index (κ3) is 3.78. The van der Waals surface area contributed by atoms with E-state index in [9.17, 15) is 0 Å². The summed E-state index contributed by atoms with van der Waals surface area (Å²) in [6, 6.07) is 13.8. The van der Waals surface area contributed by atoms with Crippen LogP contribution in [0.1, 0.15) is 11.1 Å². The lowest BCUT2D eigenvalue weighted by molar-refractivity contribution is 0.392. The molecular formula is C18H20O3. The quantitative estimate of drug-likeness (QED) is 0.803. The number of methoxy groups -OCH3 is 3. The summed E-state index contributed by atoms with van der Waals surface area (Å²) in [4.78, 5) is 0. The molecule has 0 fully saturated rings. The Labute approximate surface area is 125 Å². The Hall–Kier alpha value is -2.42. The predicted molar refractivity (Wildman–Crippen MR) is 85.3 cm³/mol. The van der Waals surface area contributed by atoms with Gasteiger partial charge in [0.15, 0.2) is 0 Å². The highest BCUT2D eigenvalue weighted by molar-refractivity contribution is 5.64. The van der Waals surface area contributed by atoms with Crippen LogP contribution in [0.2, 0.25) is 0 Å². The Morgan fingerprint density at radius 3 is 1.95 bits per heavy atom. The molecule has 0 bridgehead atoms. The van der Waals surface area contributed by atoms with Gasteiger partial charge in [-0.3, -0.25) is 0 Å². The van der Waals surface area contributed by atoms with Gasteiger partial charge in [0, 0.05) is 0 Å². The lowest BCUT2D eigenvalue weighted by Gasteiger charge is -2.09. The fourth-order valence-corrected chi connectivity index (χ4v) is 2.12. The van der Waals surface area contributed by atoms with E-state index in [2.05, 4.69) is 18.2 Å². The van der Waals surface area contributed by atoms with Crippen molar-refractivity contribution in [2.75, 3.05) is 21.3 Å². The molecule has 0 aliphatic heterocycles. The number of benzene rings is 2. The van der Waals surface area contributed by atoms with Crippen LogP contribution in [0.5, 0.6) is 17.2 Å². The molecule has 0 saturated carbocycles. The minimum atomic E-state index is 0.806. The summed E-state index contributed by atoms with van der Waals surface area (Å²) in [5, 5.41) is 0. The van der Waals surface area contributed by atoms with Crippen molar-refractivity contribution < 1.29 is 14.2 Å². The first-order valence-electron chi connectivity index (χ1n) is 6.79. The van der Waals surface area contributed by atoms with Crippen LogP contribution in [0.3, 0.4) is 0 Å². The molecule has 0 spiro atoms. The zero-order chi connectivity index (χ0) is 15.1. The Balaban J connectivity index is 2.13. The molecule has 2 aromatic carbocycles. The minimum absolute atomic E-state index is 0.806. The molecule has 0 aromatic heterocycles. The maximum Gasteiger partial charge on any atom is 0.129 e. The van der Waals surface area contributed by atoms with Gasteiger partial charge in [-0.2, -0.15) is 0 Å². The second-order valence-electron chi connectivity index (χ2n) is 4.53. The molecule has 0 atom stereocenters. The Morgan fingerprint density at radius 2 is 1.43 bits per heavy atom. The van der Waals surface area contributed by atoms with Crippen molar-refractivity contribution in [3.8, 4) is 17.2 Å². The third-order valence-corrected chi connectivity index (χ3v) is 3.26. The molecule has 0 aliphatic carbocycles. The smallest absolute Gasteiger partial charge is 0.129 e. The molecule has 0 unspecified atom stereocenters. The Morgan fingerprint density at radius 1 is 0.810 bits per heavy atom. The van der Waals surface area contributed by atoms with E-state index in [1.807, 2.05) is 36.4 Å². The van der Waals surface area contributed by atoms with Crippen molar-refractivity contribution in [3.05, 3.63) is 59.7 Å². The standard InChI is InChI=1S/C18H20O3/c1-19-15-12-10-14(11-13-15)6-4-7-16-17(20-2)8-5-9-18(16)21-3/h4-5,7-13H,6H2,1-3H3/b7-4+. The largest absolute Gasteiger partial charge is 0.497 e. The van der Waals surface area contributed by atoms with E-state index in [0.717, 1.165) is 29.2 Å². The van der Waals surface area contributed by atoms with E-state index < -0.39 is 0 Å². The van der Waals surface area contributed by atoms with Gasteiger partial charge in [0.2, 0.25) is 0 Å². The van der Waals surface area contributed by atoms with Gasteiger partial charge in [-0.1, -0.05) is 30.4 Å². The summed E-state index contributed by atoms with van der Waals surface area (Å²) in [5.41, 5.74) is 2.18. The van der Waals surface area contributed by atoms with Crippen molar-refractivity contribution in [3.63, 3.8) is 0 Å². The van der Waals surface area contributed by atoms with Gasteiger partial charge < -0.3 is 14.2 Å². The average Bonchev–Trinajstić information content (AvgIpc) is 2.55. The molecule has 110 valence electrons. The maximum atomic E-state index is 5.37. The lowest BCUT2D eigenvalue weighted by atomic mass is 10.1. The van der Waals surface area contributed by atoms with Crippen molar-refractivity contribution in [2.45, 2.75) is 6.42 Å². The molecule has 0 N–H and O–H groups in total. The van der Waals surface area contributed by atoms with Crippen LogP contribution in [-0.4, -0.2) is 21.3 Å². The monoisotopic (exact) mass is 284 g/mol. The topological polar surface area (TPSA) is 27.7 Å². The SMILES string of the molecule is COc1ccc(C/C=C/c2c(OC)cccc2OC)cc1. The fraction of sp³-hybridized carbons (Fsp3) is 0.222. The van der Waals surface area contributed by atoms with E-state index in [-0.39, 0.29) is 0 Å². The zero-order valence-electron chi connectivity index (χ0n) is 12.6. The van der Waals surface area contributed by atoms with Crippen molar-refractivity contribution >= 4 is 6.08 Å². The van der Waals surface area contributed by atoms with Gasteiger partial charge in [0.25, 0.3) is 0 Å². The van der Waals surface area contributed by atoms with Crippen LogP contribution < -0.4 is 14.2 Å². The summed E-state index contributed by atoms with van der Waals surface area (Å²) in [6.07, 6.45) is 4.97. The van der Waals surface area contributed by atoms with E-state index in [1.165, 1.54) is 5.56 Å². The van der Waals surface area contributed by atoms with Crippen molar-refractivity contribution in [1.29, 1.82) is 0 Å². The molecule has 0 amide bonds. The van der Waals surface area contributed by atoms with Gasteiger partial charge in [-0.05, 0) is 36.2 Å². The number of hydrogen-bond acceptors (Lipinski definition) is 3. The summed E-state index contributed by atoms with van der Waals surface area (Å²) in [5.74, 6) is 2.48. The second-order valence-corrected chi connectivity index (χ2v) is 4.53. The van der Waals surface area contributed by atoms with Crippen LogP contribution in [-0.2, 0) is 6.42 Å². The summed E-state index contributed by atoms with van der Waals surface area (Å²) >= 11 is 0. The highest BCUT2D eigenvalue weighted by Gasteiger charge is 2.05. The van der Waals surface area contributed by atoms with Gasteiger partial charge >= 0.3 is 0 Å². The molecule has 21 heavy (non-hydrogen) atoms. The van der Waals surface area contributed by atoms with Gasteiger partial charge in [-0.15, -0.1) is 0 Å². The van der Waals surface area contributed by atoms with Crippen molar-refractivity contribution in [1.82, 2.24) is 0 Å². The molecule has 2 rings (SSSR count). The second kappa shape index (κ2) is 7.39. The zero-order valence-corrected chi connectivity index (χ0v) is 12.6. The van der Waals surface area contributed by atoms with Crippen LogP contribution >= 0.6 is 0 Å². The first-order valence-corrected chi connectivity index (χ1v) is 6.79. The third-order valence-electron chi connectivity index (χ3n) is 3.26. The number of hydrogen-bond donors (Lipinski definition) is 0. The number of ether oxygens (including phenoxy) is 3. The average molecular weight is 284 g/mol. The van der Waals surface area contributed by atoms with Crippen LogP contribution in [0, 0.1) is 0 Å². The highest BCUT2D eigenvalue weighted by atomic mass is 16.5. The fourth-order valence-electron chi connectivity index (χ4n) is 2.12.